The zero-order valence-corrected chi connectivity index (χ0v) is 12.3. The van der Waals surface area contributed by atoms with E-state index in [1.165, 1.54) is 6.07 Å². The zero-order chi connectivity index (χ0) is 15.0. The molecule has 1 N–H and O–H groups in total. The Morgan fingerprint density at radius 1 is 1.45 bits per heavy atom. The number of methoxy groups -OCH3 is 1. The van der Waals surface area contributed by atoms with Gasteiger partial charge in [-0.05, 0) is 31.2 Å². The average Bonchev–Trinajstić information content (AvgIpc) is 2.45. The van der Waals surface area contributed by atoms with E-state index < -0.39 is 0 Å². The highest BCUT2D eigenvalue weighted by atomic mass is 19.1. The zero-order valence-electron chi connectivity index (χ0n) is 12.3. The monoisotopic (exact) mass is 279 g/mol. The molecule has 1 atom stereocenters. The molecule has 0 saturated heterocycles. The molecule has 4 heteroatoms. The van der Waals surface area contributed by atoms with Gasteiger partial charge in [0.15, 0.2) is 0 Å². The first-order valence-corrected chi connectivity index (χ1v) is 6.73. The first-order valence-electron chi connectivity index (χ1n) is 6.73. The van der Waals surface area contributed by atoms with E-state index >= 15 is 0 Å². The highest BCUT2D eigenvalue weighted by molar-refractivity contribution is 5.38. The number of aliphatic hydroxyl groups is 1. The summed E-state index contributed by atoms with van der Waals surface area (Å²) in [5.74, 6) is 4.75. The molecule has 1 rings (SSSR count). The van der Waals surface area contributed by atoms with Gasteiger partial charge in [-0.25, -0.2) is 4.39 Å². The molecule has 0 aromatic heterocycles. The van der Waals surface area contributed by atoms with Gasteiger partial charge >= 0.3 is 0 Å². The normalized spacial score (nSPS) is 12.1. The quantitative estimate of drug-likeness (QED) is 0.809. The van der Waals surface area contributed by atoms with Gasteiger partial charge < -0.3 is 9.84 Å². The second-order valence-corrected chi connectivity index (χ2v) is 4.64. The summed E-state index contributed by atoms with van der Waals surface area (Å²) in [6, 6.07) is 5.22. The van der Waals surface area contributed by atoms with Gasteiger partial charge in [0.25, 0.3) is 0 Å². The Hall–Kier alpha value is -1.41. The number of likely N-dealkylation sites (N-methyl/N-ethyl adjacent to an activating group) is 1. The first-order chi connectivity index (χ1) is 9.62. The molecule has 0 aliphatic heterocycles. The Morgan fingerprint density at radius 3 is 2.80 bits per heavy atom. The second-order valence-electron chi connectivity index (χ2n) is 4.64. The molecule has 0 aliphatic carbocycles. The third-order valence-corrected chi connectivity index (χ3v) is 3.16. The number of nitrogens with zero attached hydrogens (tertiary/aromatic N) is 1. The van der Waals surface area contributed by atoms with Gasteiger partial charge in [-0.15, -0.1) is 0 Å². The minimum Gasteiger partial charge on any atom is -0.384 e. The minimum absolute atomic E-state index is 0.268. The van der Waals surface area contributed by atoms with Crippen LogP contribution < -0.4 is 0 Å². The summed E-state index contributed by atoms with van der Waals surface area (Å²) >= 11 is 0. The molecule has 110 valence electrons. The van der Waals surface area contributed by atoms with E-state index in [9.17, 15) is 4.39 Å². The number of hydrogen-bond acceptors (Lipinski definition) is 3. The Morgan fingerprint density at radius 2 is 2.20 bits per heavy atom. The Labute approximate surface area is 120 Å². The molecule has 0 saturated carbocycles. The smallest absolute Gasteiger partial charge is 0.138 e. The van der Waals surface area contributed by atoms with Crippen LogP contribution in [0, 0.1) is 17.7 Å². The molecule has 0 radical (unpaired) electrons. The van der Waals surface area contributed by atoms with Crippen LogP contribution in [-0.2, 0) is 11.3 Å². The van der Waals surface area contributed by atoms with E-state index in [0.717, 1.165) is 18.7 Å². The largest absolute Gasteiger partial charge is 0.384 e. The standard InChI is InChI=1S/C16H22FNO2/c1-4-18(13(2)12-20-3)11-14-7-8-16(17)15(10-14)6-5-9-19/h7-8,10,13,19H,4,9,11-12H2,1-3H3. The Bertz CT molecular complexity index is 479. The SMILES string of the molecule is CCN(Cc1ccc(F)c(C#CCO)c1)C(C)COC. The molecule has 0 heterocycles. The van der Waals surface area contributed by atoms with E-state index in [4.69, 9.17) is 9.84 Å². The van der Waals surface area contributed by atoms with Crippen LogP contribution in [0.5, 0.6) is 0 Å². The summed E-state index contributed by atoms with van der Waals surface area (Å²) in [6.45, 7) is 6.18. The average molecular weight is 279 g/mol. The van der Waals surface area contributed by atoms with Gasteiger partial charge in [-0.3, -0.25) is 4.90 Å². The molecule has 3 nitrogen and oxygen atoms in total. The second kappa shape index (κ2) is 8.70. The molecule has 0 fully saturated rings. The van der Waals surface area contributed by atoms with Gasteiger partial charge in [-0.2, -0.15) is 0 Å². The molecule has 0 bridgehead atoms. The topological polar surface area (TPSA) is 32.7 Å². The number of ether oxygens (including phenoxy) is 1. The Kier molecular flexibility index (Phi) is 7.24. The number of halogens is 1. The lowest BCUT2D eigenvalue weighted by Gasteiger charge is -2.27. The van der Waals surface area contributed by atoms with Crippen LogP contribution in [0.1, 0.15) is 25.0 Å². The molecular formula is C16H22FNO2. The third kappa shape index (κ3) is 4.93. The van der Waals surface area contributed by atoms with Gasteiger partial charge in [-0.1, -0.05) is 24.8 Å². The van der Waals surface area contributed by atoms with Crippen molar-refractivity contribution in [2.24, 2.45) is 0 Å². The number of benzene rings is 1. The predicted octanol–water partition coefficient (Wildman–Crippen LogP) is 2.03. The van der Waals surface area contributed by atoms with Crippen LogP contribution >= 0.6 is 0 Å². The lowest BCUT2D eigenvalue weighted by Crippen LogP contribution is -2.35. The van der Waals surface area contributed by atoms with Gasteiger partial charge in [0, 0.05) is 19.7 Å². The lowest BCUT2D eigenvalue weighted by molar-refractivity contribution is 0.0982. The van der Waals surface area contributed by atoms with Gasteiger partial charge in [0.1, 0.15) is 12.4 Å². The maximum atomic E-state index is 13.6. The van der Waals surface area contributed by atoms with E-state index in [-0.39, 0.29) is 12.4 Å². The predicted molar refractivity (Wildman–Crippen MR) is 77.8 cm³/mol. The molecule has 1 unspecified atom stereocenters. The van der Waals surface area contributed by atoms with Crippen LogP contribution in [0.3, 0.4) is 0 Å². The lowest BCUT2D eigenvalue weighted by atomic mass is 10.1. The first kappa shape index (κ1) is 16.6. The highest BCUT2D eigenvalue weighted by Crippen LogP contribution is 2.13. The maximum Gasteiger partial charge on any atom is 0.138 e. The maximum absolute atomic E-state index is 13.6. The molecular weight excluding hydrogens is 257 g/mol. The van der Waals surface area contributed by atoms with E-state index in [1.54, 1.807) is 19.2 Å². The molecule has 1 aromatic carbocycles. The molecule has 0 aliphatic rings. The van der Waals surface area contributed by atoms with Crippen molar-refractivity contribution >= 4 is 0 Å². The van der Waals surface area contributed by atoms with Crippen molar-refractivity contribution in [1.82, 2.24) is 4.90 Å². The number of rotatable bonds is 6. The fraction of sp³-hybridized carbons (Fsp3) is 0.500. The van der Waals surface area contributed by atoms with Crippen LogP contribution in [0.15, 0.2) is 18.2 Å². The minimum atomic E-state index is -0.359. The van der Waals surface area contributed by atoms with Crippen LogP contribution in [-0.4, -0.2) is 42.9 Å². The van der Waals surface area contributed by atoms with Crippen molar-refractivity contribution in [1.29, 1.82) is 0 Å². The summed E-state index contributed by atoms with van der Waals surface area (Å²) < 4.78 is 18.7. The van der Waals surface area contributed by atoms with Crippen molar-refractivity contribution in [3.05, 3.63) is 35.1 Å². The van der Waals surface area contributed by atoms with Gasteiger partial charge in [0.05, 0.1) is 12.2 Å². The van der Waals surface area contributed by atoms with Gasteiger partial charge in [0.2, 0.25) is 0 Å². The van der Waals surface area contributed by atoms with Crippen molar-refractivity contribution in [3.63, 3.8) is 0 Å². The van der Waals surface area contributed by atoms with Crippen molar-refractivity contribution in [3.8, 4) is 11.8 Å². The summed E-state index contributed by atoms with van der Waals surface area (Å²) in [6.07, 6.45) is 0. The van der Waals surface area contributed by atoms with Crippen LogP contribution in [0.2, 0.25) is 0 Å². The molecule has 20 heavy (non-hydrogen) atoms. The fourth-order valence-electron chi connectivity index (χ4n) is 2.06. The van der Waals surface area contributed by atoms with Crippen LogP contribution in [0.25, 0.3) is 0 Å². The Balaban J connectivity index is 2.85. The molecule has 0 amide bonds. The summed E-state index contributed by atoms with van der Waals surface area (Å²) in [5.41, 5.74) is 1.32. The molecule has 1 aromatic rings. The fourth-order valence-corrected chi connectivity index (χ4v) is 2.06. The summed E-state index contributed by atoms with van der Waals surface area (Å²) in [5, 5.41) is 8.68. The van der Waals surface area contributed by atoms with Crippen molar-refractivity contribution < 1.29 is 14.2 Å². The molecule has 0 spiro atoms. The number of hydrogen-bond donors (Lipinski definition) is 1. The van der Waals surface area contributed by atoms with E-state index in [0.29, 0.717) is 18.2 Å². The van der Waals surface area contributed by atoms with Crippen molar-refractivity contribution in [2.75, 3.05) is 26.9 Å². The number of aliphatic hydroxyl groups excluding tert-OH is 1. The third-order valence-electron chi connectivity index (χ3n) is 3.16. The summed E-state index contributed by atoms with van der Waals surface area (Å²) in [4.78, 5) is 2.25. The highest BCUT2D eigenvalue weighted by Gasteiger charge is 2.13. The van der Waals surface area contributed by atoms with E-state index in [2.05, 4.69) is 30.6 Å². The van der Waals surface area contributed by atoms with E-state index in [1.807, 2.05) is 0 Å². The summed E-state index contributed by atoms with van der Waals surface area (Å²) in [7, 11) is 1.69. The van der Waals surface area contributed by atoms with Crippen LogP contribution in [0.4, 0.5) is 4.39 Å². The van der Waals surface area contributed by atoms with Crippen molar-refractivity contribution in [2.45, 2.75) is 26.4 Å².